The molecule has 1 aliphatic rings. The predicted molar refractivity (Wildman–Crippen MR) is 162 cm³/mol. The molecule has 0 aliphatic carbocycles. The molecule has 1 saturated heterocycles. The third-order valence-corrected chi connectivity index (χ3v) is 7.59. The number of nitrogens with zero attached hydrogens (tertiary/aromatic N) is 7. The van der Waals surface area contributed by atoms with Gasteiger partial charge < -0.3 is 25.2 Å². The molecule has 42 heavy (non-hydrogen) atoms. The monoisotopic (exact) mass is 611 g/mol. The van der Waals surface area contributed by atoms with E-state index in [2.05, 4.69) is 51.4 Å². The molecule has 220 valence electrons. The van der Waals surface area contributed by atoms with E-state index in [4.69, 9.17) is 37.8 Å². The smallest absolute Gasteiger partial charge is 0.143 e. The Balaban J connectivity index is 1.30. The van der Waals surface area contributed by atoms with Crippen LogP contribution in [0.15, 0.2) is 49.3 Å². The lowest BCUT2D eigenvalue weighted by molar-refractivity contribution is 0.108. The number of benzene rings is 1. The van der Waals surface area contributed by atoms with Gasteiger partial charge in [-0.3, -0.25) is 9.80 Å². The Kier molecular flexibility index (Phi) is 9.82. The first-order valence-corrected chi connectivity index (χ1v) is 14.0. The second kappa shape index (κ2) is 13.9. The van der Waals surface area contributed by atoms with E-state index in [0.29, 0.717) is 45.9 Å². The summed E-state index contributed by atoms with van der Waals surface area (Å²) in [6.07, 6.45) is 6.37. The Labute approximate surface area is 253 Å². The van der Waals surface area contributed by atoms with Gasteiger partial charge in [-0.25, -0.2) is 24.9 Å². The number of β-amino-alcohol motifs (C(OH)–C–C–N with tert-alkyl or cyclic N) is 1. The fourth-order valence-corrected chi connectivity index (χ4v) is 5.19. The molecule has 0 amide bonds. The predicted octanol–water partition coefficient (Wildman–Crippen LogP) is 4.25. The maximum atomic E-state index is 9.14. The zero-order chi connectivity index (χ0) is 29.5. The first-order chi connectivity index (χ1) is 20.5. The molecule has 1 fully saturated rings. The van der Waals surface area contributed by atoms with E-state index in [-0.39, 0.29) is 16.7 Å². The quantitative estimate of drug-likeness (QED) is 0.224. The van der Waals surface area contributed by atoms with Gasteiger partial charge in [0, 0.05) is 63.8 Å². The average molecular weight is 613 g/mol. The molecule has 0 atom stereocenters. The van der Waals surface area contributed by atoms with Crippen LogP contribution in [0.5, 0.6) is 11.5 Å². The van der Waals surface area contributed by atoms with Gasteiger partial charge in [-0.05, 0) is 11.6 Å². The maximum Gasteiger partial charge on any atom is 0.143 e. The van der Waals surface area contributed by atoms with Gasteiger partial charge in [0.25, 0.3) is 0 Å². The minimum atomic E-state index is 0.201. The van der Waals surface area contributed by atoms with Crippen molar-refractivity contribution in [3.63, 3.8) is 0 Å². The van der Waals surface area contributed by atoms with Crippen molar-refractivity contribution in [2.75, 3.05) is 64.2 Å². The summed E-state index contributed by atoms with van der Waals surface area (Å²) in [5.74, 6) is 2.41. The van der Waals surface area contributed by atoms with Crippen LogP contribution in [0.25, 0.3) is 11.3 Å². The first kappa shape index (κ1) is 29.7. The molecule has 14 heteroatoms. The molecule has 0 saturated carbocycles. The van der Waals surface area contributed by atoms with Crippen LogP contribution in [0, 0.1) is 0 Å². The maximum absolute atomic E-state index is 9.14. The summed E-state index contributed by atoms with van der Waals surface area (Å²) in [4.78, 5) is 26.6. The number of piperazine rings is 1. The van der Waals surface area contributed by atoms with Crippen LogP contribution in [0.2, 0.25) is 10.0 Å². The summed E-state index contributed by atoms with van der Waals surface area (Å²) in [7, 11) is 3.02. The van der Waals surface area contributed by atoms with Crippen LogP contribution in [0.4, 0.5) is 23.1 Å². The van der Waals surface area contributed by atoms with E-state index in [1.807, 2.05) is 12.3 Å². The molecule has 3 N–H and O–H groups in total. The zero-order valence-electron chi connectivity index (χ0n) is 23.2. The number of hydrogen-bond acceptors (Lipinski definition) is 12. The van der Waals surface area contributed by atoms with Crippen molar-refractivity contribution >= 4 is 46.3 Å². The standard InChI is InChI=1S/C28H31Cl2N9O3/c1-41-21-12-22(42-2)26(30)27(25(21)29)37-28-19(14-31-16-35-28)20-11-24(34-17-33-20)36-23-4-3-18(13-32-23)15-39-7-5-38(6-8-39)9-10-40/h3-4,11-14,16-17,40H,5-10,15H2,1-2H3,(H,31,35,37)(H,32,33,34,36). The normalized spacial score (nSPS) is 14.0. The molecule has 12 nitrogen and oxygen atoms in total. The van der Waals surface area contributed by atoms with Crippen molar-refractivity contribution in [2.24, 2.45) is 0 Å². The molecule has 0 radical (unpaired) electrons. The SMILES string of the molecule is COc1cc(OC)c(Cl)c(Nc2ncncc2-c2cc(Nc3ccc(CN4CCN(CCO)CC4)cn3)ncn2)c1Cl. The number of hydrogen-bond donors (Lipinski definition) is 3. The van der Waals surface area contributed by atoms with E-state index in [1.54, 1.807) is 18.3 Å². The van der Waals surface area contributed by atoms with Gasteiger partial charge in [0.15, 0.2) is 0 Å². The molecule has 4 aromatic rings. The number of pyridine rings is 1. The molecule has 4 heterocycles. The number of aliphatic hydroxyl groups is 1. The Hall–Kier alpha value is -3.81. The summed E-state index contributed by atoms with van der Waals surface area (Å²) in [5, 5.41) is 16.1. The number of halogens is 2. The first-order valence-electron chi connectivity index (χ1n) is 13.3. The average Bonchev–Trinajstić information content (AvgIpc) is 3.02. The number of ether oxygens (including phenoxy) is 2. The zero-order valence-corrected chi connectivity index (χ0v) is 24.7. The summed E-state index contributed by atoms with van der Waals surface area (Å²) >= 11 is 13.1. The molecule has 1 aliphatic heterocycles. The number of aromatic nitrogens is 5. The van der Waals surface area contributed by atoms with Crippen LogP contribution in [-0.4, -0.2) is 93.4 Å². The van der Waals surface area contributed by atoms with Crippen molar-refractivity contribution in [1.82, 2.24) is 34.7 Å². The van der Waals surface area contributed by atoms with Crippen LogP contribution in [0.3, 0.4) is 0 Å². The molecular weight excluding hydrogens is 581 g/mol. The van der Waals surface area contributed by atoms with E-state index in [0.717, 1.165) is 44.8 Å². The second-order valence-corrected chi connectivity index (χ2v) is 10.3. The van der Waals surface area contributed by atoms with E-state index in [9.17, 15) is 0 Å². The van der Waals surface area contributed by atoms with Crippen LogP contribution in [-0.2, 0) is 6.54 Å². The Morgan fingerprint density at radius 2 is 1.57 bits per heavy atom. The fraction of sp³-hybridized carbons (Fsp3) is 0.321. The summed E-state index contributed by atoms with van der Waals surface area (Å²) in [6.45, 7) is 5.61. The minimum absolute atomic E-state index is 0.201. The van der Waals surface area contributed by atoms with Crippen LogP contribution < -0.4 is 20.1 Å². The molecular formula is C28H31Cl2N9O3. The van der Waals surface area contributed by atoms with Gasteiger partial charge in [-0.2, -0.15) is 0 Å². The lowest BCUT2D eigenvalue weighted by Crippen LogP contribution is -2.46. The third kappa shape index (κ3) is 6.97. The van der Waals surface area contributed by atoms with Crippen LogP contribution >= 0.6 is 23.2 Å². The summed E-state index contributed by atoms with van der Waals surface area (Å²) in [5.41, 5.74) is 2.66. The topological polar surface area (TPSA) is 134 Å². The van der Waals surface area contributed by atoms with Crippen molar-refractivity contribution in [3.8, 4) is 22.8 Å². The number of methoxy groups -OCH3 is 2. The molecule has 0 bridgehead atoms. The number of nitrogens with one attached hydrogen (secondary N) is 2. The van der Waals surface area contributed by atoms with E-state index in [1.165, 1.54) is 26.9 Å². The largest absolute Gasteiger partial charge is 0.495 e. The summed E-state index contributed by atoms with van der Waals surface area (Å²) < 4.78 is 10.8. The molecule has 1 aromatic carbocycles. The van der Waals surface area contributed by atoms with Crippen molar-refractivity contribution in [3.05, 3.63) is 64.9 Å². The minimum Gasteiger partial charge on any atom is -0.495 e. The van der Waals surface area contributed by atoms with Crippen molar-refractivity contribution in [2.45, 2.75) is 6.54 Å². The van der Waals surface area contributed by atoms with E-state index >= 15 is 0 Å². The van der Waals surface area contributed by atoms with Gasteiger partial charge in [-0.15, -0.1) is 0 Å². The highest BCUT2D eigenvalue weighted by Crippen LogP contribution is 2.45. The van der Waals surface area contributed by atoms with Gasteiger partial charge >= 0.3 is 0 Å². The fourth-order valence-electron chi connectivity index (χ4n) is 4.60. The highest BCUT2D eigenvalue weighted by Gasteiger charge is 2.20. The Morgan fingerprint density at radius 1 is 0.833 bits per heavy atom. The van der Waals surface area contributed by atoms with E-state index < -0.39 is 0 Å². The number of anilines is 4. The molecule has 0 unspecified atom stereocenters. The van der Waals surface area contributed by atoms with Gasteiger partial charge in [0.2, 0.25) is 0 Å². The lowest BCUT2D eigenvalue weighted by Gasteiger charge is -2.34. The molecule has 0 spiro atoms. The second-order valence-electron chi connectivity index (χ2n) is 9.50. The van der Waals surface area contributed by atoms with Crippen molar-refractivity contribution in [1.29, 1.82) is 0 Å². The lowest BCUT2D eigenvalue weighted by atomic mass is 10.2. The Bertz CT molecular complexity index is 1470. The third-order valence-electron chi connectivity index (χ3n) is 6.84. The molecule has 5 rings (SSSR count). The molecule has 3 aromatic heterocycles. The van der Waals surface area contributed by atoms with Gasteiger partial charge in [0.05, 0.1) is 37.8 Å². The van der Waals surface area contributed by atoms with Gasteiger partial charge in [-0.1, -0.05) is 29.3 Å². The highest BCUT2D eigenvalue weighted by atomic mass is 35.5. The summed E-state index contributed by atoms with van der Waals surface area (Å²) in [6, 6.07) is 7.37. The highest BCUT2D eigenvalue weighted by molar-refractivity contribution is 6.41. The Morgan fingerprint density at radius 3 is 2.24 bits per heavy atom. The number of aliphatic hydroxyl groups excluding tert-OH is 1. The number of rotatable bonds is 11. The van der Waals surface area contributed by atoms with Crippen molar-refractivity contribution < 1.29 is 14.6 Å². The van der Waals surface area contributed by atoms with Gasteiger partial charge in [0.1, 0.15) is 51.7 Å². The van der Waals surface area contributed by atoms with Crippen LogP contribution in [0.1, 0.15) is 5.56 Å².